The first kappa shape index (κ1) is 9.82. The van der Waals surface area contributed by atoms with Crippen molar-refractivity contribution in [1.82, 2.24) is 0 Å². The first-order chi connectivity index (χ1) is 6.81. The van der Waals surface area contributed by atoms with Crippen molar-refractivity contribution >= 4 is 12.2 Å². The third-order valence-electron chi connectivity index (χ3n) is 1.56. The number of furan rings is 1. The second kappa shape index (κ2) is 4.68. The third-order valence-corrected chi connectivity index (χ3v) is 1.56. The topological polar surface area (TPSA) is 81.0 Å². The van der Waals surface area contributed by atoms with Crippen molar-refractivity contribution < 1.29 is 9.21 Å². The molecule has 0 aliphatic carbocycles. The Morgan fingerprint density at radius 2 is 2.00 bits per heavy atom. The summed E-state index contributed by atoms with van der Waals surface area (Å²) in [5.41, 5.74) is 0. The number of nitrogens with zero attached hydrogens (tertiary/aromatic N) is 3. The van der Waals surface area contributed by atoms with E-state index in [0.29, 0.717) is 12.2 Å². The standard InChI is InChI=1S/C9H7N3O2/c10-3-5-12(6-4-11)9-2-1-8(7-13)14-9/h1-2,7H,5-6H2. The van der Waals surface area contributed by atoms with Crippen LogP contribution in [-0.2, 0) is 0 Å². The average Bonchev–Trinajstić information content (AvgIpc) is 2.65. The molecule has 1 aromatic heterocycles. The number of hydrogen-bond acceptors (Lipinski definition) is 5. The number of aldehydes is 1. The first-order valence-corrected chi connectivity index (χ1v) is 3.85. The van der Waals surface area contributed by atoms with E-state index in [0.717, 1.165) is 0 Å². The number of carbonyl (C=O) groups excluding carboxylic acids is 1. The smallest absolute Gasteiger partial charge is 0.198 e. The van der Waals surface area contributed by atoms with Gasteiger partial charge in [-0.25, -0.2) is 0 Å². The molecule has 70 valence electrons. The molecule has 5 nitrogen and oxygen atoms in total. The highest BCUT2D eigenvalue weighted by molar-refractivity contribution is 5.71. The van der Waals surface area contributed by atoms with Gasteiger partial charge in [-0.15, -0.1) is 0 Å². The van der Waals surface area contributed by atoms with Gasteiger partial charge in [0.05, 0.1) is 12.1 Å². The van der Waals surface area contributed by atoms with Gasteiger partial charge in [-0.2, -0.15) is 10.5 Å². The van der Waals surface area contributed by atoms with Gasteiger partial charge in [0.15, 0.2) is 17.9 Å². The molecule has 0 bridgehead atoms. The van der Waals surface area contributed by atoms with Gasteiger partial charge in [0.2, 0.25) is 0 Å². The molecule has 1 heterocycles. The Balaban J connectivity index is 2.83. The Labute approximate surface area is 80.8 Å². The zero-order valence-electron chi connectivity index (χ0n) is 7.30. The van der Waals surface area contributed by atoms with E-state index in [-0.39, 0.29) is 18.8 Å². The number of nitriles is 2. The molecule has 1 rings (SSSR count). The molecular formula is C9H7N3O2. The number of carbonyl (C=O) groups is 1. The molecule has 0 atom stereocenters. The highest BCUT2D eigenvalue weighted by Crippen LogP contribution is 2.16. The van der Waals surface area contributed by atoms with Crippen molar-refractivity contribution in [3.63, 3.8) is 0 Å². The Morgan fingerprint density at radius 3 is 2.43 bits per heavy atom. The van der Waals surface area contributed by atoms with Crippen molar-refractivity contribution in [3.05, 3.63) is 17.9 Å². The summed E-state index contributed by atoms with van der Waals surface area (Å²) in [5.74, 6) is 0.538. The third kappa shape index (κ3) is 2.11. The Kier molecular flexibility index (Phi) is 3.28. The lowest BCUT2D eigenvalue weighted by atomic mass is 10.4. The van der Waals surface area contributed by atoms with E-state index in [9.17, 15) is 4.79 Å². The lowest BCUT2D eigenvalue weighted by Crippen LogP contribution is -2.23. The van der Waals surface area contributed by atoms with Gasteiger partial charge in [-0.3, -0.25) is 4.79 Å². The summed E-state index contributed by atoms with van der Waals surface area (Å²) in [6.07, 6.45) is 0.570. The van der Waals surface area contributed by atoms with Crippen LogP contribution < -0.4 is 4.90 Å². The average molecular weight is 189 g/mol. The maximum absolute atomic E-state index is 10.3. The van der Waals surface area contributed by atoms with Crippen molar-refractivity contribution in [1.29, 1.82) is 10.5 Å². The molecule has 0 aliphatic heterocycles. The van der Waals surface area contributed by atoms with Crippen LogP contribution in [0.2, 0.25) is 0 Å². The van der Waals surface area contributed by atoms with Gasteiger partial charge in [0, 0.05) is 6.07 Å². The molecule has 0 aromatic carbocycles. The van der Waals surface area contributed by atoms with Crippen molar-refractivity contribution in [3.8, 4) is 12.1 Å². The minimum atomic E-state index is 0.0549. The minimum absolute atomic E-state index is 0.0549. The molecule has 0 unspecified atom stereocenters. The summed E-state index contributed by atoms with van der Waals surface area (Å²) in [6, 6.07) is 6.85. The van der Waals surface area contributed by atoms with Crippen LogP contribution in [0.3, 0.4) is 0 Å². The van der Waals surface area contributed by atoms with Crippen LogP contribution in [0.5, 0.6) is 0 Å². The van der Waals surface area contributed by atoms with Gasteiger partial charge < -0.3 is 9.32 Å². The van der Waals surface area contributed by atoms with Crippen molar-refractivity contribution in [2.75, 3.05) is 18.0 Å². The van der Waals surface area contributed by atoms with E-state index in [4.69, 9.17) is 14.9 Å². The van der Waals surface area contributed by atoms with Crippen molar-refractivity contribution in [2.45, 2.75) is 0 Å². The molecule has 0 fully saturated rings. The monoisotopic (exact) mass is 189 g/mol. The lowest BCUT2D eigenvalue weighted by Gasteiger charge is -2.13. The predicted molar refractivity (Wildman–Crippen MR) is 47.5 cm³/mol. The SMILES string of the molecule is N#CCN(CC#N)c1ccc(C=O)o1. The normalized spacial score (nSPS) is 8.71. The van der Waals surface area contributed by atoms with E-state index >= 15 is 0 Å². The number of hydrogen-bond donors (Lipinski definition) is 0. The zero-order valence-corrected chi connectivity index (χ0v) is 7.30. The van der Waals surface area contributed by atoms with Crippen LogP contribution in [0.1, 0.15) is 10.6 Å². The fraction of sp³-hybridized carbons (Fsp3) is 0.222. The summed E-state index contributed by atoms with van der Waals surface area (Å²) in [6.45, 7) is 0.110. The minimum Gasteiger partial charge on any atom is -0.438 e. The predicted octanol–water partition coefficient (Wildman–Crippen LogP) is 0.946. The van der Waals surface area contributed by atoms with Gasteiger partial charge in [0.25, 0.3) is 0 Å². The van der Waals surface area contributed by atoms with E-state index in [1.807, 2.05) is 12.1 Å². The van der Waals surface area contributed by atoms with Gasteiger partial charge in [-0.05, 0) is 6.07 Å². The van der Waals surface area contributed by atoms with Crippen LogP contribution in [0, 0.1) is 22.7 Å². The lowest BCUT2D eigenvalue weighted by molar-refractivity contribution is 0.110. The molecule has 14 heavy (non-hydrogen) atoms. The summed E-state index contributed by atoms with van der Waals surface area (Å²) in [7, 11) is 0. The zero-order chi connectivity index (χ0) is 10.4. The van der Waals surface area contributed by atoms with Crippen LogP contribution in [0.4, 0.5) is 5.88 Å². The molecular weight excluding hydrogens is 182 g/mol. The van der Waals surface area contributed by atoms with E-state index in [1.165, 1.54) is 11.0 Å². The summed E-state index contributed by atoms with van der Waals surface area (Å²) < 4.78 is 5.06. The van der Waals surface area contributed by atoms with Crippen molar-refractivity contribution in [2.24, 2.45) is 0 Å². The maximum atomic E-state index is 10.3. The quantitative estimate of drug-likeness (QED) is 0.520. The molecule has 0 saturated heterocycles. The fourth-order valence-corrected chi connectivity index (χ4v) is 0.958. The molecule has 5 heteroatoms. The second-order valence-corrected chi connectivity index (χ2v) is 2.47. The maximum Gasteiger partial charge on any atom is 0.198 e. The summed E-state index contributed by atoms with van der Waals surface area (Å²) in [4.78, 5) is 11.8. The molecule has 0 N–H and O–H groups in total. The molecule has 0 spiro atoms. The van der Waals surface area contributed by atoms with Gasteiger partial charge in [-0.1, -0.05) is 0 Å². The van der Waals surface area contributed by atoms with E-state index in [2.05, 4.69) is 0 Å². The first-order valence-electron chi connectivity index (χ1n) is 3.85. The second-order valence-electron chi connectivity index (χ2n) is 2.47. The molecule has 0 saturated carbocycles. The van der Waals surface area contributed by atoms with Gasteiger partial charge in [0.1, 0.15) is 13.1 Å². The summed E-state index contributed by atoms with van der Waals surface area (Å²) in [5, 5.41) is 17.0. The molecule has 0 aliphatic rings. The van der Waals surface area contributed by atoms with E-state index < -0.39 is 0 Å². The Hall–Kier alpha value is -2.27. The highest BCUT2D eigenvalue weighted by Gasteiger charge is 2.09. The van der Waals surface area contributed by atoms with Gasteiger partial charge >= 0.3 is 0 Å². The highest BCUT2D eigenvalue weighted by atomic mass is 16.4. The van der Waals surface area contributed by atoms with Crippen LogP contribution in [0.15, 0.2) is 16.5 Å². The van der Waals surface area contributed by atoms with Crippen LogP contribution >= 0.6 is 0 Å². The number of rotatable bonds is 4. The summed E-state index contributed by atoms with van der Waals surface area (Å²) >= 11 is 0. The Bertz CT molecular complexity index is 381. The van der Waals surface area contributed by atoms with Crippen LogP contribution in [-0.4, -0.2) is 19.4 Å². The fourth-order valence-electron chi connectivity index (χ4n) is 0.958. The Morgan fingerprint density at radius 1 is 1.36 bits per heavy atom. The van der Waals surface area contributed by atoms with Crippen LogP contribution in [0.25, 0.3) is 0 Å². The largest absolute Gasteiger partial charge is 0.438 e. The molecule has 1 aromatic rings. The molecule has 0 radical (unpaired) electrons. The number of anilines is 1. The van der Waals surface area contributed by atoms with E-state index in [1.54, 1.807) is 6.07 Å². The molecule has 0 amide bonds.